The molecule has 1 aromatic heterocycles. The molecule has 1 aromatic carbocycles. The summed E-state index contributed by atoms with van der Waals surface area (Å²) in [7, 11) is 0. The number of carbonyl (C=O) groups is 1. The number of aromatic nitrogens is 2. The lowest BCUT2D eigenvalue weighted by Gasteiger charge is -2.26. The van der Waals surface area contributed by atoms with Crippen LogP contribution >= 0.6 is 0 Å². The number of nitrogens with zero attached hydrogens (tertiary/aromatic N) is 3. The van der Waals surface area contributed by atoms with Crippen LogP contribution in [0.25, 0.3) is 0 Å². The van der Waals surface area contributed by atoms with E-state index < -0.39 is 0 Å². The Balaban J connectivity index is 1.39. The van der Waals surface area contributed by atoms with Gasteiger partial charge >= 0.3 is 0 Å². The highest BCUT2D eigenvalue weighted by molar-refractivity contribution is 5.94. The number of hydrogen-bond donors (Lipinski definition) is 1. The summed E-state index contributed by atoms with van der Waals surface area (Å²) < 4.78 is 7.33. The van der Waals surface area contributed by atoms with Crippen molar-refractivity contribution >= 4 is 5.91 Å². The maximum absolute atomic E-state index is 12.2. The molecule has 3 rings (SSSR count). The predicted octanol–water partition coefficient (Wildman–Crippen LogP) is 1.38. The van der Waals surface area contributed by atoms with Crippen molar-refractivity contribution in [3.8, 4) is 0 Å². The predicted molar refractivity (Wildman–Crippen MR) is 92.0 cm³/mol. The van der Waals surface area contributed by atoms with E-state index in [1.165, 1.54) is 0 Å². The number of morpholine rings is 1. The molecule has 1 aliphatic rings. The third-order valence-corrected chi connectivity index (χ3v) is 4.18. The molecule has 6 heteroatoms. The first-order valence-corrected chi connectivity index (χ1v) is 8.44. The summed E-state index contributed by atoms with van der Waals surface area (Å²) in [6.45, 7) is 6.09. The topological polar surface area (TPSA) is 59.4 Å². The second kappa shape index (κ2) is 8.61. The fourth-order valence-electron chi connectivity index (χ4n) is 2.78. The number of hydrogen-bond acceptors (Lipinski definition) is 4. The lowest BCUT2D eigenvalue weighted by molar-refractivity contribution is 0.0374. The van der Waals surface area contributed by atoms with E-state index >= 15 is 0 Å². The maximum atomic E-state index is 12.2. The Labute approximate surface area is 142 Å². The van der Waals surface area contributed by atoms with Gasteiger partial charge in [-0.2, -0.15) is 0 Å². The van der Waals surface area contributed by atoms with E-state index in [4.69, 9.17) is 4.74 Å². The summed E-state index contributed by atoms with van der Waals surface area (Å²) in [5, 5.41) is 2.99. The number of nitrogens with one attached hydrogen (secondary N) is 1. The second-order valence-corrected chi connectivity index (χ2v) is 6.00. The van der Waals surface area contributed by atoms with Crippen molar-refractivity contribution < 1.29 is 9.53 Å². The first kappa shape index (κ1) is 16.7. The Bertz CT molecular complexity index is 619. The van der Waals surface area contributed by atoms with E-state index in [1.54, 1.807) is 12.5 Å². The van der Waals surface area contributed by atoms with Crippen molar-refractivity contribution in [1.82, 2.24) is 19.8 Å². The van der Waals surface area contributed by atoms with Crippen LogP contribution in [0.3, 0.4) is 0 Å². The Morgan fingerprint density at radius 2 is 2.00 bits per heavy atom. The molecule has 0 saturated carbocycles. The Kier molecular flexibility index (Phi) is 5.98. The fraction of sp³-hybridized carbons (Fsp3) is 0.444. The molecule has 0 spiro atoms. The van der Waals surface area contributed by atoms with Crippen molar-refractivity contribution in [2.75, 3.05) is 39.4 Å². The molecule has 1 saturated heterocycles. The number of amides is 1. The number of benzene rings is 1. The van der Waals surface area contributed by atoms with Crippen molar-refractivity contribution in [3.63, 3.8) is 0 Å². The Hall–Kier alpha value is -2.18. The smallest absolute Gasteiger partial charge is 0.251 e. The summed E-state index contributed by atoms with van der Waals surface area (Å²) >= 11 is 0. The second-order valence-electron chi connectivity index (χ2n) is 6.00. The van der Waals surface area contributed by atoms with Crippen LogP contribution in [-0.4, -0.2) is 59.8 Å². The number of ether oxygens (including phenoxy) is 1. The molecule has 0 atom stereocenters. The van der Waals surface area contributed by atoms with Gasteiger partial charge in [-0.1, -0.05) is 12.1 Å². The molecular formula is C18H24N4O2. The standard InChI is InChI=1S/C18H24N4O2/c23-18(20-6-1-8-21-10-12-24-13-11-21)17-4-2-16(3-5-17)14-22-9-7-19-15-22/h2-5,7,9,15H,1,6,8,10-14H2,(H,20,23). The van der Waals surface area contributed by atoms with Crippen LogP contribution in [0.4, 0.5) is 0 Å². The van der Waals surface area contributed by atoms with E-state index in [-0.39, 0.29) is 5.91 Å². The van der Waals surface area contributed by atoms with Crippen LogP contribution in [0.5, 0.6) is 0 Å². The van der Waals surface area contributed by atoms with Crippen LogP contribution < -0.4 is 5.32 Å². The van der Waals surface area contributed by atoms with Gasteiger partial charge in [0.15, 0.2) is 0 Å². The highest BCUT2D eigenvalue weighted by Gasteiger charge is 2.10. The Morgan fingerprint density at radius 3 is 2.71 bits per heavy atom. The molecule has 1 N–H and O–H groups in total. The summed E-state index contributed by atoms with van der Waals surface area (Å²) in [6, 6.07) is 7.73. The van der Waals surface area contributed by atoms with Gasteiger partial charge < -0.3 is 14.6 Å². The van der Waals surface area contributed by atoms with Crippen molar-refractivity contribution in [2.24, 2.45) is 0 Å². The zero-order valence-corrected chi connectivity index (χ0v) is 13.9. The molecule has 0 bridgehead atoms. The van der Waals surface area contributed by atoms with Gasteiger partial charge in [0.05, 0.1) is 19.5 Å². The highest BCUT2D eigenvalue weighted by Crippen LogP contribution is 2.06. The van der Waals surface area contributed by atoms with Crippen molar-refractivity contribution in [3.05, 3.63) is 54.1 Å². The fourth-order valence-corrected chi connectivity index (χ4v) is 2.78. The normalized spacial score (nSPS) is 15.3. The van der Waals surface area contributed by atoms with E-state index in [0.717, 1.165) is 51.4 Å². The molecule has 6 nitrogen and oxygen atoms in total. The first-order chi connectivity index (χ1) is 11.8. The zero-order chi connectivity index (χ0) is 16.6. The van der Waals surface area contributed by atoms with Gasteiger partial charge in [0.1, 0.15) is 0 Å². The highest BCUT2D eigenvalue weighted by atomic mass is 16.5. The van der Waals surface area contributed by atoms with E-state index in [0.29, 0.717) is 12.1 Å². The Morgan fingerprint density at radius 1 is 1.21 bits per heavy atom. The minimum Gasteiger partial charge on any atom is -0.379 e. The maximum Gasteiger partial charge on any atom is 0.251 e. The summed E-state index contributed by atoms with van der Waals surface area (Å²) in [6.07, 6.45) is 6.44. The van der Waals surface area contributed by atoms with Crippen molar-refractivity contribution in [1.29, 1.82) is 0 Å². The van der Waals surface area contributed by atoms with Gasteiger partial charge in [0.2, 0.25) is 0 Å². The molecule has 2 heterocycles. The average molecular weight is 328 g/mol. The monoisotopic (exact) mass is 328 g/mol. The molecule has 1 fully saturated rings. The van der Waals surface area contributed by atoms with Crippen LogP contribution in [0.15, 0.2) is 43.0 Å². The van der Waals surface area contributed by atoms with Gasteiger partial charge in [-0.25, -0.2) is 4.98 Å². The average Bonchev–Trinajstić information content (AvgIpc) is 3.13. The largest absolute Gasteiger partial charge is 0.379 e. The molecular weight excluding hydrogens is 304 g/mol. The van der Waals surface area contributed by atoms with Gasteiger partial charge in [-0.3, -0.25) is 9.69 Å². The number of carbonyl (C=O) groups excluding carboxylic acids is 1. The minimum absolute atomic E-state index is 0.00819. The van der Waals surface area contributed by atoms with Gasteiger partial charge in [-0.15, -0.1) is 0 Å². The lowest BCUT2D eigenvalue weighted by Crippen LogP contribution is -2.38. The van der Waals surface area contributed by atoms with Crippen molar-refractivity contribution in [2.45, 2.75) is 13.0 Å². The first-order valence-electron chi connectivity index (χ1n) is 8.44. The molecule has 24 heavy (non-hydrogen) atoms. The number of imidazole rings is 1. The third kappa shape index (κ3) is 4.91. The van der Waals surface area contributed by atoms with Crippen LogP contribution in [0.2, 0.25) is 0 Å². The quantitative estimate of drug-likeness (QED) is 0.780. The summed E-state index contributed by atoms with van der Waals surface area (Å²) in [5.41, 5.74) is 1.85. The molecule has 2 aromatic rings. The zero-order valence-electron chi connectivity index (χ0n) is 13.9. The summed E-state index contributed by atoms with van der Waals surface area (Å²) in [5.74, 6) is -0.00819. The molecule has 128 valence electrons. The SMILES string of the molecule is O=C(NCCCN1CCOCC1)c1ccc(Cn2ccnc2)cc1. The molecule has 0 radical (unpaired) electrons. The number of rotatable bonds is 7. The third-order valence-electron chi connectivity index (χ3n) is 4.18. The van der Waals surface area contributed by atoms with Crippen LogP contribution in [0.1, 0.15) is 22.3 Å². The molecule has 1 amide bonds. The summed E-state index contributed by atoms with van der Waals surface area (Å²) in [4.78, 5) is 18.6. The molecule has 0 unspecified atom stereocenters. The van der Waals surface area contributed by atoms with E-state index in [1.807, 2.05) is 35.0 Å². The van der Waals surface area contributed by atoms with E-state index in [9.17, 15) is 4.79 Å². The van der Waals surface area contributed by atoms with Gasteiger partial charge in [-0.05, 0) is 30.7 Å². The van der Waals surface area contributed by atoms with Gasteiger partial charge in [0.25, 0.3) is 5.91 Å². The van der Waals surface area contributed by atoms with E-state index in [2.05, 4.69) is 15.2 Å². The van der Waals surface area contributed by atoms with Crippen LogP contribution in [0, 0.1) is 0 Å². The molecule has 1 aliphatic heterocycles. The van der Waals surface area contributed by atoms with Crippen LogP contribution in [-0.2, 0) is 11.3 Å². The lowest BCUT2D eigenvalue weighted by atomic mass is 10.1. The van der Waals surface area contributed by atoms with Gasteiger partial charge in [0, 0.05) is 44.1 Å². The molecule has 0 aliphatic carbocycles. The minimum atomic E-state index is -0.00819.